The summed E-state index contributed by atoms with van der Waals surface area (Å²) in [6.07, 6.45) is 0.248. The molecule has 0 spiro atoms. The van der Waals surface area contributed by atoms with Crippen LogP contribution in [0.1, 0.15) is 34.1 Å². The molecule has 27 heavy (non-hydrogen) atoms. The summed E-state index contributed by atoms with van der Waals surface area (Å²) in [5, 5.41) is 8.58. The maximum absolute atomic E-state index is 12.8. The quantitative estimate of drug-likeness (QED) is 0.637. The first-order valence-electron chi connectivity index (χ1n) is 9.78. The highest BCUT2D eigenvalue weighted by molar-refractivity contribution is 5.77. The lowest BCUT2D eigenvalue weighted by molar-refractivity contribution is -0.132. The molecule has 2 aromatic rings. The van der Waals surface area contributed by atoms with E-state index in [4.69, 9.17) is 0 Å². The topological polar surface area (TPSA) is 71.3 Å². The minimum absolute atomic E-state index is 0.0534. The Balaban J connectivity index is 2.04. The minimum Gasteiger partial charge on any atom is -0.341 e. The van der Waals surface area contributed by atoms with Crippen LogP contribution in [-0.2, 0) is 11.3 Å². The van der Waals surface area contributed by atoms with Crippen molar-refractivity contribution in [1.29, 1.82) is 0 Å². The number of benzene rings is 1. The Morgan fingerprint density at radius 3 is 2.52 bits per heavy atom. The molecule has 1 heterocycles. The van der Waals surface area contributed by atoms with Crippen molar-refractivity contribution in [2.45, 2.75) is 40.7 Å². The van der Waals surface area contributed by atoms with Gasteiger partial charge in [-0.1, -0.05) is 45.0 Å². The number of aryl methyl sites for hydroxylation is 1. The molecule has 0 unspecified atom stereocenters. The summed E-state index contributed by atoms with van der Waals surface area (Å²) in [5.74, 6) is 0.451. The molecule has 0 aliphatic carbocycles. The van der Waals surface area contributed by atoms with E-state index >= 15 is 0 Å². The third kappa shape index (κ3) is 5.85. The van der Waals surface area contributed by atoms with E-state index in [0.29, 0.717) is 23.4 Å². The Hall–Kier alpha value is -2.28. The smallest absolute Gasteiger partial charge is 0.277 e. The first-order valence-corrected chi connectivity index (χ1v) is 9.78. The molecule has 0 aliphatic rings. The van der Waals surface area contributed by atoms with Crippen molar-refractivity contribution >= 4 is 16.8 Å². The van der Waals surface area contributed by atoms with Crippen molar-refractivity contribution in [3.63, 3.8) is 0 Å². The van der Waals surface area contributed by atoms with Gasteiger partial charge in [-0.3, -0.25) is 9.59 Å². The summed E-state index contributed by atoms with van der Waals surface area (Å²) >= 11 is 0. The van der Waals surface area contributed by atoms with Crippen LogP contribution >= 0.6 is 0 Å². The normalized spacial score (nSPS) is 11.5. The predicted octanol–water partition coefficient (Wildman–Crippen LogP) is 2.01. The Morgan fingerprint density at radius 2 is 1.85 bits per heavy atom. The van der Waals surface area contributed by atoms with Gasteiger partial charge in [0, 0.05) is 26.1 Å². The highest BCUT2D eigenvalue weighted by Crippen LogP contribution is 2.06. The fourth-order valence-corrected chi connectivity index (χ4v) is 3.09. The van der Waals surface area contributed by atoms with Crippen LogP contribution in [0.15, 0.2) is 29.1 Å². The summed E-state index contributed by atoms with van der Waals surface area (Å²) in [6.45, 7) is 13.0. The van der Waals surface area contributed by atoms with E-state index in [1.54, 1.807) is 18.2 Å². The van der Waals surface area contributed by atoms with Gasteiger partial charge in [0.25, 0.3) is 5.56 Å². The van der Waals surface area contributed by atoms with Gasteiger partial charge in [-0.15, -0.1) is 5.10 Å². The second-order valence-corrected chi connectivity index (χ2v) is 7.15. The summed E-state index contributed by atoms with van der Waals surface area (Å²) < 4.78 is 1.29. The van der Waals surface area contributed by atoms with Gasteiger partial charge in [-0.05, 0) is 31.1 Å². The van der Waals surface area contributed by atoms with Gasteiger partial charge >= 0.3 is 0 Å². The van der Waals surface area contributed by atoms with E-state index in [1.807, 2.05) is 11.0 Å². The minimum atomic E-state index is -0.202. The van der Waals surface area contributed by atoms with Gasteiger partial charge in [0.15, 0.2) is 0 Å². The van der Waals surface area contributed by atoms with E-state index in [0.717, 1.165) is 26.2 Å². The first-order chi connectivity index (χ1) is 13.0. The lowest BCUT2D eigenvalue weighted by Crippen LogP contribution is -2.41. The second kappa shape index (κ2) is 10.2. The third-order valence-corrected chi connectivity index (χ3v) is 4.69. The lowest BCUT2D eigenvalue weighted by atomic mass is 10.2. The van der Waals surface area contributed by atoms with Crippen molar-refractivity contribution in [3.05, 3.63) is 34.6 Å². The number of fused-ring (bicyclic) bond motifs is 1. The Labute approximate surface area is 161 Å². The van der Waals surface area contributed by atoms with Crippen molar-refractivity contribution in [1.82, 2.24) is 24.8 Å². The molecule has 1 amide bonds. The average Bonchev–Trinajstić information content (AvgIpc) is 2.67. The summed E-state index contributed by atoms with van der Waals surface area (Å²) in [4.78, 5) is 29.5. The second-order valence-electron chi connectivity index (χ2n) is 7.15. The van der Waals surface area contributed by atoms with E-state index in [-0.39, 0.29) is 24.4 Å². The standard InChI is InChI=1S/C20H31N5O2/c1-5-23(6-2)13-14-24(15-16(3)4)19(26)11-12-25-20(27)17-9-7-8-10-18(17)21-22-25/h7-10,16H,5-6,11-15H2,1-4H3. The van der Waals surface area contributed by atoms with E-state index < -0.39 is 0 Å². The molecule has 1 aromatic heterocycles. The number of aromatic nitrogens is 3. The van der Waals surface area contributed by atoms with Crippen molar-refractivity contribution in [3.8, 4) is 0 Å². The van der Waals surface area contributed by atoms with Crippen LogP contribution in [0.25, 0.3) is 10.9 Å². The maximum Gasteiger partial charge on any atom is 0.277 e. The fraction of sp³-hybridized carbons (Fsp3) is 0.600. The van der Waals surface area contributed by atoms with Crippen molar-refractivity contribution < 1.29 is 4.79 Å². The van der Waals surface area contributed by atoms with E-state index in [1.165, 1.54) is 4.68 Å². The Morgan fingerprint density at radius 1 is 1.15 bits per heavy atom. The van der Waals surface area contributed by atoms with Crippen LogP contribution in [0.3, 0.4) is 0 Å². The SMILES string of the molecule is CCN(CC)CCN(CC(C)C)C(=O)CCn1nnc2ccccc2c1=O. The molecule has 7 nitrogen and oxygen atoms in total. The molecule has 2 rings (SSSR count). The molecular weight excluding hydrogens is 342 g/mol. The highest BCUT2D eigenvalue weighted by atomic mass is 16.2. The van der Waals surface area contributed by atoms with Gasteiger partial charge in [0.05, 0.1) is 11.9 Å². The van der Waals surface area contributed by atoms with Crippen molar-refractivity contribution in [2.75, 3.05) is 32.7 Å². The number of hydrogen-bond acceptors (Lipinski definition) is 5. The molecule has 0 saturated carbocycles. The molecule has 0 aliphatic heterocycles. The number of amides is 1. The Bertz CT molecular complexity index is 798. The zero-order chi connectivity index (χ0) is 19.8. The molecule has 148 valence electrons. The molecule has 0 atom stereocenters. The summed E-state index contributed by atoms with van der Waals surface area (Å²) in [6, 6.07) is 7.12. The summed E-state index contributed by atoms with van der Waals surface area (Å²) in [5.41, 5.74) is 0.373. The number of likely N-dealkylation sites (N-methyl/N-ethyl adjacent to an activating group) is 1. The zero-order valence-electron chi connectivity index (χ0n) is 16.9. The summed E-state index contributed by atoms with van der Waals surface area (Å²) in [7, 11) is 0. The fourth-order valence-electron chi connectivity index (χ4n) is 3.09. The highest BCUT2D eigenvalue weighted by Gasteiger charge is 2.16. The van der Waals surface area contributed by atoms with Crippen LogP contribution in [0.2, 0.25) is 0 Å². The van der Waals surface area contributed by atoms with Crippen LogP contribution in [0.5, 0.6) is 0 Å². The first kappa shape index (κ1) is 21.0. The maximum atomic E-state index is 12.8. The number of rotatable bonds is 10. The van der Waals surface area contributed by atoms with Crippen molar-refractivity contribution in [2.24, 2.45) is 5.92 Å². The molecular formula is C20H31N5O2. The van der Waals surface area contributed by atoms with Crippen LogP contribution in [-0.4, -0.2) is 63.4 Å². The average molecular weight is 374 g/mol. The molecule has 0 radical (unpaired) electrons. The molecule has 0 fully saturated rings. The van der Waals surface area contributed by atoms with Crippen LogP contribution in [0.4, 0.5) is 0 Å². The molecule has 0 bridgehead atoms. The molecule has 0 N–H and O–H groups in total. The number of carbonyl (C=O) groups is 1. The van der Waals surface area contributed by atoms with Gasteiger partial charge in [0.1, 0.15) is 5.52 Å². The third-order valence-electron chi connectivity index (χ3n) is 4.69. The number of nitrogens with zero attached hydrogens (tertiary/aromatic N) is 5. The zero-order valence-corrected chi connectivity index (χ0v) is 16.9. The van der Waals surface area contributed by atoms with Gasteiger partial charge in [-0.2, -0.15) is 0 Å². The number of hydrogen-bond donors (Lipinski definition) is 0. The van der Waals surface area contributed by atoms with Gasteiger partial charge in [0.2, 0.25) is 5.91 Å². The van der Waals surface area contributed by atoms with Crippen LogP contribution < -0.4 is 5.56 Å². The van der Waals surface area contributed by atoms with Crippen LogP contribution in [0, 0.1) is 5.92 Å². The molecule has 7 heteroatoms. The predicted molar refractivity (Wildman–Crippen MR) is 108 cm³/mol. The number of carbonyl (C=O) groups excluding carboxylic acids is 1. The van der Waals surface area contributed by atoms with E-state index in [2.05, 4.69) is 42.9 Å². The largest absolute Gasteiger partial charge is 0.341 e. The lowest BCUT2D eigenvalue weighted by Gasteiger charge is -2.28. The molecule has 0 saturated heterocycles. The molecule has 1 aromatic carbocycles. The van der Waals surface area contributed by atoms with Gasteiger partial charge in [-0.25, -0.2) is 4.68 Å². The van der Waals surface area contributed by atoms with E-state index in [9.17, 15) is 9.59 Å². The monoisotopic (exact) mass is 373 g/mol. The van der Waals surface area contributed by atoms with Gasteiger partial charge < -0.3 is 9.80 Å². The Kier molecular flexibility index (Phi) is 7.91.